The quantitative estimate of drug-likeness (QED) is 0.789. The van der Waals surface area contributed by atoms with E-state index in [2.05, 4.69) is 32.0 Å². The van der Waals surface area contributed by atoms with Gasteiger partial charge in [0.1, 0.15) is 12.2 Å². The van der Waals surface area contributed by atoms with Gasteiger partial charge in [-0.05, 0) is 63.3 Å². The van der Waals surface area contributed by atoms with E-state index < -0.39 is 0 Å². The van der Waals surface area contributed by atoms with E-state index in [0.29, 0.717) is 18.2 Å². The molecule has 5 nitrogen and oxygen atoms in total. The van der Waals surface area contributed by atoms with Crippen LogP contribution in [0.15, 0.2) is 24.3 Å². The molecule has 0 unspecified atom stereocenters. The number of esters is 1. The van der Waals surface area contributed by atoms with Gasteiger partial charge in [0, 0.05) is 17.5 Å². The van der Waals surface area contributed by atoms with E-state index in [1.54, 1.807) is 11.5 Å². The van der Waals surface area contributed by atoms with Crippen LogP contribution in [0.5, 0.6) is 0 Å². The summed E-state index contributed by atoms with van der Waals surface area (Å²) in [6, 6.07) is 10.2. The first-order chi connectivity index (χ1) is 11.9. The van der Waals surface area contributed by atoms with Gasteiger partial charge in [0.25, 0.3) is 0 Å². The number of carbonyl (C=O) groups is 1. The molecule has 0 aliphatic carbocycles. The van der Waals surface area contributed by atoms with Gasteiger partial charge in [-0.1, -0.05) is 6.07 Å². The third kappa shape index (κ3) is 3.54. The smallest absolute Gasteiger partial charge is 0.355 e. The lowest BCUT2D eigenvalue weighted by atomic mass is 9.83. The number of ether oxygens (including phenoxy) is 2. The van der Waals surface area contributed by atoms with E-state index in [0.717, 1.165) is 30.4 Å². The summed E-state index contributed by atoms with van der Waals surface area (Å²) >= 11 is 0. The van der Waals surface area contributed by atoms with Crippen LogP contribution in [-0.2, 0) is 16.0 Å². The molecule has 1 aliphatic rings. The number of nitrogens with zero attached hydrogens (tertiary/aromatic N) is 2. The fourth-order valence-corrected chi connectivity index (χ4v) is 3.67. The van der Waals surface area contributed by atoms with Gasteiger partial charge >= 0.3 is 5.97 Å². The van der Waals surface area contributed by atoms with Crippen molar-refractivity contribution >= 4 is 16.9 Å². The highest BCUT2D eigenvalue weighted by atomic mass is 16.5. The summed E-state index contributed by atoms with van der Waals surface area (Å²) in [6.07, 6.45) is 1.97. The third-order valence-corrected chi connectivity index (χ3v) is 4.81. The zero-order chi connectivity index (χ0) is 18.0. The van der Waals surface area contributed by atoms with Gasteiger partial charge in [-0.15, -0.1) is 0 Å². The molecular weight excluding hydrogens is 316 g/mol. The second-order valence-corrected chi connectivity index (χ2v) is 7.11. The van der Waals surface area contributed by atoms with Crippen molar-refractivity contribution in [3.8, 4) is 6.07 Å². The minimum Gasteiger partial charge on any atom is -0.461 e. The third-order valence-electron chi connectivity index (χ3n) is 4.81. The van der Waals surface area contributed by atoms with Crippen LogP contribution in [0.25, 0.3) is 10.9 Å². The van der Waals surface area contributed by atoms with E-state index >= 15 is 0 Å². The Bertz CT molecular complexity index is 829. The van der Waals surface area contributed by atoms with Crippen molar-refractivity contribution in [3.05, 3.63) is 35.5 Å². The fraction of sp³-hybridized carbons (Fsp3) is 0.500. The van der Waals surface area contributed by atoms with Crippen LogP contribution < -0.4 is 0 Å². The summed E-state index contributed by atoms with van der Waals surface area (Å²) in [4.78, 5) is 12.2. The Labute approximate surface area is 148 Å². The Morgan fingerprint density at radius 3 is 2.92 bits per heavy atom. The number of benzene rings is 1. The zero-order valence-corrected chi connectivity index (χ0v) is 15.0. The molecule has 1 atom stereocenters. The first-order valence-electron chi connectivity index (χ1n) is 8.76. The fourth-order valence-electron chi connectivity index (χ4n) is 3.67. The molecule has 0 amide bonds. The Morgan fingerprint density at radius 1 is 1.44 bits per heavy atom. The monoisotopic (exact) mass is 340 g/mol. The highest BCUT2D eigenvalue weighted by molar-refractivity contribution is 5.96. The van der Waals surface area contributed by atoms with Gasteiger partial charge in [0.05, 0.1) is 18.3 Å². The van der Waals surface area contributed by atoms with Crippen LogP contribution in [0.2, 0.25) is 0 Å². The Morgan fingerprint density at radius 2 is 2.24 bits per heavy atom. The average molecular weight is 340 g/mol. The maximum Gasteiger partial charge on any atom is 0.355 e. The maximum atomic E-state index is 12.2. The van der Waals surface area contributed by atoms with Crippen molar-refractivity contribution in [2.24, 2.45) is 0 Å². The van der Waals surface area contributed by atoms with Crippen LogP contribution in [0.1, 0.15) is 55.6 Å². The number of aromatic nitrogens is 1. The lowest BCUT2D eigenvalue weighted by Crippen LogP contribution is -2.32. The van der Waals surface area contributed by atoms with Gasteiger partial charge in [-0.3, -0.25) is 0 Å². The molecular formula is C20H24N2O3. The molecule has 25 heavy (non-hydrogen) atoms. The van der Waals surface area contributed by atoms with Gasteiger partial charge in [-0.2, -0.15) is 5.26 Å². The minimum atomic E-state index is -0.386. The summed E-state index contributed by atoms with van der Waals surface area (Å²) in [7, 11) is 0. The largest absolute Gasteiger partial charge is 0.461 e. The van der Waals surface area contributed by atoms with Crippen LogP contribution in [0.3, 0.4) is 0 Å². The van der Waals surface area contributed by atoms with Crippen molar-refractivity contribution in [2.45, 2.75) is 51.7 Å². The van der Waals surface area contributed by atoms with Crippen molar-refractivity contribution in [1.29, 1.82) is 5.26 Å². The number of fused-ring (bicyclic) bond motifs is 1. The lowest BCUT2D eigenvalue weighted by molar-refractivity contribution is -0.0592. The van der Waals surface area contributed by atoms with Gasteiger partial charge in [-0.25, -0.2) is 4.79 Å². The van der Waals surface area contributed by atoms with Crippen molar-refractivity contribution < 1.29 is 14.3 Å². The van der Waals surface area contributed by atoms with Gasteiger partial charge in [0.15, 0.2) is 0 Å². The van der Waals surface area contributed by atoms with E-state index in [1.165, 1.54) is 5.56 Å². The van der Waals surface area contributed by atoms with Crippen molar-refractivity contribution in [1.82, 2.24) is 4.57 Å². The number of nitriles is 1. The van der Waals surface area contributed by atoms with Gasteiger partial charge < -0.3 is 14.0 Å². The second kappa shape index (κ2) is 6.89. The highest BCUT2D eigenvalue weighted by Gasteiger charge is 2.30. The van der Waals surface area contributed by atoms with Crippen LogP contribution in [0.4, 0.5) is 0 Å². The summed E-state index contributed by atoms with van der Waals surface area (Å²) < 4.78 is 12.7. The van der Waals surface area contributed by atoms with Gasteiger partial charge in [0.2, 0.25) is 0 Å². The molecule has 5 heteroatoms. The molecule has 2 aromatic rings. The molecule has 1 aromatic carbocycles. The Hall–Kier alpha value is -2.32. The van der Waals surface area contributed by atoms with E-state index in [4.69, 9.17) is 14.7 Å². The molecule has 0 radical (unpaired) electrons. The van der Waals surface area contributed by atoms with Crippen molar-refractivity contribution in [3.63, 3.8) is 0 Å². The topological polar surface area (TPSA) is 64.2 Å². The number of hydrogen-bond donors (Lipinski definition) is 0. The van der Waals surface area contributed by atoms with E-state index in [-0.39, 0.29) is 18.1 Å². The first-order valence-corrected chi connectivity index (χ1v) is 8.76. The molecule has 0 bridgehead atoms. The Kier molecular flexibility index (Phi) is 4.82. The van der Waals surface area contributed by atoms with E-state index in [9.17, 15) is 4.79 Å². The average Bonchev–Trinajstić information content (AvgIpc) is 2.92. The molecule has 1 saturated heterocycles. The molecule has 2 heterocycles. The molecule has 0 N–H and O–H groups in total. The molecule has 132 valence electrons. The summed E-state index contributed by atoms with van der Waals surface area (Å²) in [5.74, 6) is 0.0567. The standard InChI is InChI=1S/C20H24N2O3/c1-4-24-19(23)18-12-16-11-14(5-6-17(16)22(18)9-8-21)15-7-10-25-20(2,3)13-15/h5-6,11-12,15H,4,7,9-10,13H2,1-3H3/t15-/m0/s1. The molecule has 1 fully saturated rings. The van der Waals surface area contributed by atoms with E-state index in [1.807, 2.05) is 12.1 Å². The van der Waals surface area contributed by atoms with Crippen molar-refractivity contribution in [2.75, 3.05) is 13.2 Å². The number of rotatable bonds is 4. The number of carbonyl (C=O) groups excluding carboxylic acids is 1. The maximum absolute atomic E-state index is 12.2. The molecule has 0 spiro atoms. The molecule has 3 rings (SSSR count). The van der Waals surface area contributed by atoms with Crippen LogP contribution in [-0.4, -0.2) is 29.4 Å². The normalized spacial score (nSPS) is 19.5. The lowest BCUT2D eigenvalue weighted by Gasteiger charge is -2.35. The zero-order valence-electron chi connectivity index (χ0n) is 15.0. The summed E-state index contributed by atoms with van der Waals surface area (Å²) in [6.45, 7) is 7.23. The number of hydrogen-bond acceptors (Lipinski definition) is 4. The molecule has 1 aromatic heterocycles. The van der Waals surface area contributed by atoms with Crippen LogP contribution >= 0.6 is 0 Å². The minimum absolute atomic E-state index is 0.110. The summed E-state index contributed by atoms with van der Waals surface area (Å²) in [5.41, 5.74) is 2.47. The summed E-state index contributed by atoms with van der Waals surface area (Å²) in [5, 5.41) is 10.1. The highest BCUT2D eigenvalue weighted by Crippen LogP contribution is 2.37. The van der Waals surface area contributed by atoms with Crippen LogP contribution in [0, 0.1) is 11.3 Å². The Balaban J connectivity index is 2.00. The SMILES string of the molecule is CCOC(=O)c1cc2cc([C@H]3CCOC(C)(C)C3)ccc2n1CC#N. The first kappa shape index (κ1) is 17.5. The molecule has 0 saturated carbocycles. The predicted molar refractivity (Wildman–Crippen MR) is 95.5 cm³/mol. The second-order valence-electron chi connectivity index (χ2n) is 7.11. The predicted octanol–water partition coefficient (Wildman–Crippen LogP) is 4.01. The molecule has 1 aliphatic heterocycles.